The van der Waals surface area contributed by atoms with E-state index >= 15 is 0 Å². The fraction of sp³-hybridized carbons (Fsp3) is 0.154. The van der Waals surface area contributed by atoms with Crippen LogP contribution in [0.4, 0.5) is 11.6 Å². The molecule has 0 atom stereocenters. The van der Waals surface area contributed by atoms with Crippen LogP contribution in [-0.4, -0.2) is 21.4 Å². The number of benzene rings is 1. The first-order valence-corrected chi connectivity index (χ1v) is 6.07. The summed E-state index contributed by atoms with van der Waals surface area (Å²) in [6.07, 6.45) is 1.48. The maximum absolute atomic E-state index is 11.0. The van der Waals surface area contributed by atoms with Crippen LogP contribution in [0.1, 0.15) is 12.5 Å². The molecular weight excluding hydrogens is 274 g/mol. The standard InChI is InChI=1S/C13H11N5O3/c1-2-15-13-16-6-5-12(17-13)21-11-4-3-9(8-14)7-10(11)18(19)20/h3-7H,2H2,1H3,(H,15,16,17). The first-order chi connectivity index (χ1) is 10.1. The molecule has 0 aliphatic carbocycles. The van der Waals surface area contributed by atoms with E-state index in [0.717, 1.165) is 6.07 Å². The summed E-state index contributed by atoms with van der Waals surface area (Å²) in [5.41, 5.74) is -0.109. The van der Waals surface area contributed by atoms with E-state index in [1.54, 1.807) is 0 Å². The molecule has 2 aromatic rings. The molecule has 1 N–H and O–H groups in total. The van der Waals surface area contributed by atoms with Crippen LogP contribution in [0.25, 0.3) is 0 Å². The molecule has 0 bridgehead atoms. The van der Waals surface area contributed by atoms with Crippen molar-refractivity contribution in [2.45, 2.75) is 6.92 Å². The average Bonchev–Trinajstić information content (AvgIpc) is 2.48. The molecule has 0 spiro atoms. The molecule has 8 heteroatoms. The summed E-state index contributed by atoms with van der Waals surface area (Å²) in [7, 11) is 0. The van der Waals surface area contributed by atoms with E-state index in [-0.39, 0.29) is 22.9 Å². The summed E-state index contributed by atoms with van der Waals surface area (Å²) >= 11 is 0. The zero-order valence-corrected chi connectivity index (χ0v) is 11.1. The lowest BCUT2D eigenvalue weighted by molar-refractivity contribution is -0.385. The largest absolute Gasteiger partial charge is 0.432 e. The molecule has 1 aromatic heterocycles. The third-order valence-corrected chi connectivity index (χ3v) is 2.46. The minimum atomic E-state index is -0.609. The zero-order chi connectivity index (χ0) is 15.2. The Labute approximate surface area is 120 Å². The summed E-state index contributed by atoms with van der Waals surface area (Å²) < 4.78 is 5.42. The highest BCUT2D eigenvalue weighted by Crippen LogP contribution is 2.31. The van der Waals surface area contributed by atoms with E-state index in [1.165, 1.54) is 24.4 Å². The molecule has 0 amide bonds. The molecule has 8 nitrogen and oxygen atoms in total. The number of nitrogens with zero attached hydrogens (tertiary/aromatic N) is 4. The Hall–Kier alpha value is -3.21. The number of nitriles is 1. The van der Waals surface area contributed by atoms with Crippen LogP contribution < -0.4 is 10.1 Å². The molecule has 106 valence electrons. The van der Waals surface area contributed by atoms with Gasteiger partial charge in [-0.15, -0.1) is 0 Å². The van der Waals surface area contributed by atoms with E-state index < -0.39 is 4.92 Å². The van der Waals surface area contributed by atoms with Crippen LogP contribution >= 0.6 is 0 Å². The Kier molecular flexibility index (Phi) is 4.26. The zero-order valence-electron chi connectivity index (χ0n) is 11.1. The van der Waals surface area contributed by atoms with Crippen LogP contribution in [-0.2, 0) is 0 Å². The Morgan fingerprint density at radius 3 is 2.95 bits per heavy atom. The Bertz CT molecular complexity index is 711. The Balaban J connectivity index is 2.33. The minimum absolute atomic E-state index is 0.0140. The van der Waals surface area contributed by atoms with E-state index in [1.807, 2.05) is 13.0 Å². The summed E-state index contributed by atoms with van der Waals surface area (Å²) in [6.45, 7) is 2.53. The Morgan fingerprint density at radius 1 is 1.48 bits per heavy atom. The first kappa shape index (κ1) is 14.2. The lowest BCUT2D eigenvalue weighted by atomic mass is 10.2. The predicted octanol–water partition coefficient (Wildman–Crippen LogP) is 2.48. The van der Waals surface area contributed by atoms with E-state index in [4.69, 9.17) is 10.00 Å². The van der Waals surface area contributed by atoms with Crippen LogP contribution in [0.3, 0.4) is 0 Å². The van der Waals surface area contributed by atoms with Crippen molar-refractivity contribution < 1.29 is 9.66 Å². The van der Waals surface area contributed by atoms with Crippen LogP contribution in [0.15, 0.2) is 30.5 Å². The van der Waals surface area contributed by atoms with Crippen molar-refractivity contribution in [3.05, 3.63) is 46.1 Å². The third-order valence-electron chi connectivity index (χ3n) is 2.46. The van der Waals surface area contributed by atoms with E-state index in [2.05, 4.69) is 15.3 Å². The van der Waals surface area contributed by atoms with Crippen molar-refractivity contribution in [1.82, 2.24) is 9.97 Å². The monoisotopic (exact) mass is 285 g/mol. The molecule has 0 fully saturated rings. The molecular formula is C13H11N5O3. The van der Waals surface area contributed by atoms with Crippen molar-refractivity contribution >= 4 is 11.6 Å². The smallest absolute Gasteiger partial charge is 0.312 e. The number of nitro benzene ring substituents is 1. The number of rotatable bonds is 5. The van der Waals surface area contributed by atoms with Gasteiger partial charge in [0, 0.05) is 24.9 Å². The topological polar surface area (TPSA) is 114 Å². The van der Waals surface area contributed by atoms with Crippen molar-refractivity contribution in [1.29, 1.82) is 5.26 Å². The van der Waals surface area contributed by atoms with Gasteiger partial charge in [-0.1, -0.05) is 0 Å². The highest BCUT2D eigenvalue weighted by atomic mass is 16.6. The van der Waals surface area contributed by atoms with Gasteiger partial charge >= 0.3 is 5.69 Å². The number of hydrogen-bond acceptors (Lipinski definition) is 7. The van der Waals surface area contributed by atoms with Gasteiger partial charge in [0.15, 0.2) is 0 Å². The summed E-state index contributed by atoms with van der Waals surface area (Å²) in [5, 5.41) is 22.7. The lowest BCUT2D eigenvalue weighted by Gasteiger charge is -2.07. The number of anilines is 1. The molecule has 0 aliphatic rings. The fourth-order valence-electron chi connectivity index (χ4n) is 1.57. The highest BCUT2D eigenvalue weighted by molar-refractivity contribution is 5.52. The number of ether oxygens (including phenoxy) is 1. The molecule has 1 aromatic carbocycles. The number of nitrogens with one attached hydrogen (secondary N) is 1. The van der Waals surface area contributed by atoms with Crippen molar-refractivity contribution in [3.63, 3.8) is 0 Å². The molecule has 0 aliphatic heterocycles. The average molecular weight is 285 g/mol. The molecule has 0 unspecified atom stereocenters. The maximum atomic E-state index is 11.0. The highest BCUT2D eigenvalue weighted by Gasteiger charge is 2.17. The molecule has 0 saturated carbocycles. The summed E-state index contributed by atoms with van der Waals surface area (Å²) in [4.78, 5) is 18.5. The van der Waals surface area contributed by atoms with Crippen LogP contribution in [0.2, 0.25) is 0 Å². The van der Waals surface area contributed by atoms with Crippen molar-refractivity contribution in [2.75, 3.05) is 11.9 Å². The van der Waals surface area contributed by atoms with Gasteiger partial charge in [0.05, 0.1) is 16.6 Å². The molecule has 21 heavy (non-hydrogen) atoms. The second kappa shape index (κ2) is 6.29. The first-order valence-electron chi connectivity index (χ1n) is 6.07. The van der Waals surface area contributed by atoms with E-state index in [9.17, 15) is 10.1 Å². The van der Waals surface area contributed by atoms with Gasteiger partial charge in [0.1, 0.15) is 0 Å². The fourth-order valence-corrected chi connectivity index (χ4v) is 1.57. The SMILES string of the molecule is CCNc1nccc(Oc2ccc(C#N)cc2[N+](=O)[O-])n1. The van der Waals surface area contributed by atoms with Crippen LogP contribution in [0, 0.1) is 21.4 Å². The predicted molar refractivity (Wildman–Crippen MR) is 74.1 cm³/mol. The summed E-state index contributed by atoms with van der Waals surface area (Å²) in [6, 6.07) is 7.29. The lowest BCUT2D eigenvalue weighted by Crippen LogP contribution is -2.02. The number of aromatic nitrogens is 2. The van der Waals surface area contributed by atoms with Crippen molar-refractivity contribution in [2.24, 2.45) is 0 Å². The van der Waals surface area contributed by atoms with Gasteiger partial charge in [-0.05, 0) is 19.1 Å². The van der Waals surface area contributed by atoms with Gasteiger partial charge in [-0.2, -0.15) is 10.2 Å². The number of nitro groups is 1. The minimum Gasteiger partial charge on any atom is -0.432 e. The summed E-state index contributed by atoms with van der Waals surface area (Å²) in [5.74, 6) is 0.556. The quantitative estimate of drug-likeness (QED) is 0.662. The van der Waals surface area contributed by atoms with Gasteiger partial charge < -0.3 is 10.1 Å². The van der Waals surface area contributed by atoms with Gasteiger partial charge in [-0.25, -0.2) is 4.98 Å². The number of hydrogen-bond donors (Lipinski definition) is 1. The molecule has 0 radical (unpaired) electrons. The normalized spacial score (nSPS) is 9.71. The van der Waals surface area contributed by atoms with Gasteiger partial charge in [0.25, 0.3) is 0 Å². The molecule has 0 saturated heterocycles. The van der Waals surface area contributed by atoms with E-state index in [0.29, 0.717) is 12.5 Å². The Morgan fingerprint density at radius 2 is 2.29 bits per heavy atom. The van der Waals surface area contributed by atoms with Gasteiger partial charge in [-0.3, -0.25) is 10.1 Å². The second-order valence-electron chi connectivity index (χ2n) is 3.90. The van der Waals surface area contributed by atoms with Gasteiger partial charge in [0.2, 0.25) is 17.6 Å². The maximum Gasteiger partial charge on any atom is 0.312 e. The van der Waals surface area contributed by atoms with Crippen molar-refractivity contribution in [3.8, 4) is 17.7 Å². The second-order valence-corrected chi connectivity index (χ2v) is 3.90. The van der Waals surface area contributed by atoms with Crippen LogP contribution in [0.5, 0.6) is 11.6 Å². The molecule has 2 rings (SSSR count). The third kappa shape index (κ3) is 3.42. The molecule has 1 heterocycles.